The molecule has 0 fully saturated rings. The van der Waals surface area contributed by atoms with Crippen molar-refractivity contribution < 1.29 is 22.7 Å². The Morgan fingerprint density at radius 1 is 1.19 bits per heavy atom. The van der Waals surface area contributed by atoms with E-state index in [0.717, 1.165) is 23.8 Å². The Hall–Kier alpha value is -2.21. The number of halogens is 1. The van der Waals surface area contributed by atoms with Gasteiger partial charge in [-0.3, -0.25) is 0 Å². The van der Waals surface area contributed by atoms with Crippen LogP contribution in [0.1, 0.15) is 21.5 Å². The van der Waals surface area contributed by atoms with E-state index in [1.165, 1.54) is 0 Å². The summed E-state index contributed by atoms with van der Waals surface area (Å²) in [6.45, 7) is 1.79. The van der Waals surface area contributed by atoms with Gasteiger partial charge in [0.25, 0.3) is 0 Å². The lowest BCUT2D eigenvalue weighted by atomic mass is 10.1. The lowest BCUT2D eigenvalue weighted by Gasteiger charge is -2.08. The molecule has 6 heteroatoms. The first-order chi connectivity index (χ1) is 9.81. The van der Waals surface area contributed by atoms with E-state index >= 15 is 0 Å². The summed E-state index contributed by atoms with van der Waals surface area (Å²) >= 11 is 0. The fraction of sp³-hybridized carbons (Fsp3) is 0.133. The lowest BCUT2D eigenvalue weighted by Crippen LogP contribution is -2.09. The Morgan fingerprint density at radius 3 is 2.48 bits per heavy atom. The molecule has 0 aliphatic heterocycles. The van der Waals surface area contributed by atoms with Crippen molar-refractivity contribution in [2.45, 2.75) is 17.6 Å². The van der Waals surface area contributed by atoms with Crippen molar-refractivity contribution in [1.82, 2.24) is 0 Å². The largest absolute Gasteiger partial charge is 0.478 e. The number of sulfone groups is 1. The highest BCUT2D eigenvalue weighted by molar-refractivity contribution is 7.90. The first-order valence-corrected chi connectivity index (χ1v) is 7.76. The van der Waals surface area contributed by atoms with Crippen LogP contribution in [-0.4, -0.2) is 19.5 Å². The highest BCUT2D eigenvalue weighted by Gasteiger charge is 2.20. The van der Waals surface area contributed by atoms with Crippen LogP contribution in [-0.2, 0) is 15.6 Å². The molecule has 0 amide bonds. The topological polar surface area (TPSA) is 71.4 Å². The Labute approximate surface area is 121 Å². The van der Waals surface area contributed by atoms with Crippen molar-refractivity contribution >= 4 is 15.8 Å². The van der Waals surface area contributed by atoms with Crippen molar-refractivity contribution in [2.24, 2.45) is 0 Å². The summed E-state index contributed by atoms with van der Waals surface area (Å²) in [5, 5.41) is 8.85. The van der Waals surface area contributed by atoms with Gasteiger partial charge in [0, 0.05) is 0 Å². The first kappa shape index (κ1) is 15.2. The minimum Gasteiger partial charge on any atom is -0.478 e. The monoisotopic (exact) mass is 308 g/mol. The van der Waals surface area contributed by atoms with E-state index in [9.17, 15) is 17.6 Å². The minimum absolute atomic E-state index is 0.204. The highest BCUT2D eigenvalue weighted by Crippen LogP contribution is 2.21. The molecule has 21 heavy (non-hydrogen) atoms. The molecule has 2 rings (SSSR count). The molecule has 2 aromatic rings. The van der Waals surface area contributed by atoms with Crippen LogP contribution in [0, 0.1) is 12.7 Å². The Bertz CT molecular complexity index is 797. The molecule has 0 bridgehead atoms. The Kier molecular flexibility index (Phi) is 4.09. The van der Waals surface area contributed by atoms with E-state index in [0.29, 0.717) is 5.56 Å². The molecule has 0 heterocycles. The van der Waals surface area contributed by atoms with Crippen LogP contribution in [0.4, 0.5) is 4.39 Å². The molecule has 0 aliphatic rings. The third kappa shape index (κ3) is 3.28. The van der Waals surface area contributed by atoms with Gasteiger partial charge in [0.15, 0.2) is 9.84 Å². The smallest absolute Gasteiger partial charge is 0.338 e. The standard InChI is InChI=1S/C15H13FO4S/c1-10-4-2-3-5-11(10)9-21(19,20)12-6-7-14(16)13(8-12)15(17)18/h2-8H,9H2,1H3,(H,17,18). The molecule has 0 aromatic heterocycles. The van der Waals surface area contributed by atoms with E-state index < -0.39 is 27.2 Å². The molecule has 110 valence electrons. The van der Waals surface area contributed by atoms with Crippen molar-refractivity contribution in [3.63, 3.8) is 0 Å². The van der Waals surface area contributed by atoms with E-state index in [1.54, 1.807) is 31.2 Å². The maximum atomic E-state index is 13.3. The summed E-state index contributed by atoms with van der Waals surface area (Å²) in [7, 11) is -3.74. The van der Waals surface area contributed by atoms with Gasteiger partial charge in [-0.1, -0.05) is 24.3 Å². The van der Waals surface area contributed by atoms with Gasteiger partial charge in [0.2, 0.25) is 0 Å². The molecule has 2 aromatic carbocycles. The number of rotatable bonds is 4. The third-order valence-corrected chi connectivity index (χ3v) is 4.80. The number of benzene rings is 2. The second-order valence-electron chi connectivity index (χ2n) is 4.63. The summed E-state index contributed by atoms with van der Waals surface area (Å²) in [4.78, 5) is 10.7. The SMILES string of the molecule is Cc1ccccc1CS(=O)(=O)c1ccc(F)c(C(=O)O)c1. The average molecular weight is 308 g/mol. The summed E-state index contributed by atoms with van der Waals surface area (Å²) < 4.78 is 38.0. The number of aromatic carboxylic acids is 1. The van der Waals surface area contributed by atoms with E-state index in [4.69, 9.17) is 5.11 Å². The predicted octanol–water partition coefficient (Wildman–Crippen LogP) is 2.81. The van der Waals surface area contributed by atoms with Gasteiger partial charge in [-0.2, -0.15) is 0 Å². The van der Waals surface area contributed by atoms with Crippen molar-refractivity contribution in [3.8, 4) is 0 Å². The molecule has 0 spiro atoms. The Balaban J connectivity index is 2.43. The number of aryl methyl sites for hydroxylation is 1. The zero-order valence-electron chi connectivity index (χ0n) is 11.2. The van der Waals surface area contributed by atoms with Crippen LogP contribution < -0.4 is 0 Å². The molecule has 0 unspecified atom stereocenters. The molecular weight excluding hydrogens is 295 g/mol. The second kappa shape index (κ2) is 5.65. The fourth-order valence-corrected chi connectivity index (χ4v) is 3.39. The van der Waals surface area contributed by atoms with Gasteiger partial charge in [0.05, 0.1) is 16.2 Å². The van der Waals surface area contributed by atoms with Crippen LogP contribution in [0.2, 0.25) is 0 Å². The van der Waals surface area contributed by atoms with Gasteiger partial charge in [-0.15, -0.1) is 0 Å². The summed E-state index contributed by atoms with van der Waals surface area (Å²) in [5.74, 6) is -2.72. The van der Waals surface area contributed by atoms with Gasteiger partial charge in [0.1, 0.15) is 5.82 Å². The third-order valence-electron chi connectivity index (χ3n) is 3.13. The second-order valence-corrected chi connectivity index (χ2v) is 6.62. The maximum Gasteiger partial charge on any atom is 0.338 e. The summed E-state index contributed by atoms with van der Waals surface area (Å²) in [6.07, 6.45) is 0. The van der Waals surface area contributed by atoms with Crippen LogP contribution in [0.25, 0.3) is 0 Å². The van der Waals surface area contributed by atoms with Crippen LogP contribution in [0.3, 0.4) is 0 Å². The average Bonchev–Trinajstić information content (AvgIpc) is 2.41. The number of hydrogen-bond acceptors (Lipinski definition) is 3. The lowest BCUT2D eigenvalue weighted by molar-refractivity contribution is 0.0691. The fourth-order valence-electron chi connectivity index (χ4n) is 1.92. The minimum atomic E-state index is -3.74. The van der Waals surface area contributed by atoms with Gasteiger partial charge in [-0.05, 0) is 36.2 Å². The van der Waals surface area contributed by atoms with Gasteiger partial charge < -0.3 is 5.11 Å². The van der Waals surface area contributed by atoms with Crippen molar-refractivity contribution in [3.05, 3.63) is 65.0 Å². The van der Waals surface area contributed by atoms with Crippen LogP contribution in [0.15, 0.2) is 47.4 Å². The zero-order valence-corrected chi connectivity index (χ0v) is 12.0. The molecule has 1 N–H and O–H groups in total. The number of carboxylic acids is 1. The molecule has 0 radical (unpaired) electrons. The molecule has 0 aliphatic carbocycles. The number of hydrogen-bond donors (Lipinski definition) is 1. The first-order valence-electron chi connectivity index (χ1n) is 6.11. The quantitative estimate of drug-likeness (QED) is 0.882. The normalized spacial score (nSPS) is 11.3. The van der Waals surface area contributed by atoms with E-state index in [2.05, 4.69) is 0 Å². The molecule has 0 atom stereocenters. The molecule has 0 saturated heterocycles. The van der Waals surface area contributed by atoms with E-state index in [1.807, 2.05) is 0 Å². The molecule has 4 nitrogen and oxygen atoms in total. The highest BCUT2D eigenvalue weighted by atomic mass is 32.2. The number of carboxylic acid groups (broad SMARTS) is 1. The maximum absolute atomic E-state index is 13.3. The summed E-state index contributed by atoms with van der Waals surface area (Å²) in [6, 6.07) is 9.79. The van der Waals surface area contributed by atoms with Gasteiger partial charge in [-0.25, -0.2) is 17.6 Å². The van der Waals surface area contributed by atoms with Crippen LogP contribution in [0.5, 0.6) is 0 Å². The van der Waals surface area contributed by atoms with Crippen molar-refractivity contribution in [2.75, 3.05) is 0 Å². The Morgan fingerprint density at radius 2 is 1.86 bits per heavy atom. The number of carbonyl (C=O) groups is 1. The van der Waals surface area contributed by atoms with E-state index in [-0.39, 0.29) is 10.6 Å². The van der Waals surface area contributed by atoms with Crippen molar-refractivity contribution in [1.29, 1.82) is 0 Å². The van der Waals surface area contributed by atoms with Gasteiger partial charge >= 0.3 is 5.97 Å². The molecular formula is C15H13FO4S. The predicted molar refractivity (Wildman–Crippen MR) is 75.4 cm³/mol. The molecule has 0 saturated carbocycles. The zero-order chi connectivity index (χ0) is 15.6. The summed E-state index contributed by atoms with van der Waals surface area (Å²) in [5.41, 5.74) is 0.793. The van der Waals surface area contributed by atoms with Crippen LogP contribution >= 0.6 is 0 Å².